The lowest BCUT2D eigenvalue weighted by Crippen LogP contribution is -2.40. The Labute approximate surface area is 141 Å². The second kappa shape index (κ2) is 7.84. The first kappa shape index (κ1) is 17.8. The molecule has 2 rings (SSSR count). The monoisotopic (exact) mass is 338 g/mol. The van der Waals surface area contributed by atoms with Gasteiger partial charge in [-0.2, -0.15) is 0 Å². The van der Waals surface area contributed by atoms with Crippen LogP contribution in [0.2, 0.25) is 5.02 Å². The van der Waals surface area contributed by atoms with E-state index in [4.69, 9.17) is 21.1 Å². The minimum Gasteiger partial charge on any atom is -0.493 e. The van der Waals surface area contributed by atoms with Gasteiger partial charge in [-0.25, -0.2) is 4.79 Å². The third kappa shape index (κ3) is 3.70. The zero-order valence-corrected chi connectivity index (χ0v) is 14.8. The van der Waals surface area contributed by atoms with Crippen molar-refractivity contribution in [3.05, 3.63) is 27.6 Å². The number of rotatable bonds is 7. The number of fused-ring (bicyclic) bond motifs is 1. The molecule has 1 unspecified atom stereocenters. The third-order valence-corrected chi connectivity index (χ3v) is 3.89. The van der Waals surface area contributed by atoms with Crippen LogP contribution in [0, 0.1) is 0 Å². The first-order valence-corrected chi connectivity index (χ1v) is 8.15. The van der Waals surface area contributed by atoms with Gasteiger partial charge in [0.2, 0.25) is 0 Å². The highest BCUT2D eigenvalue weighted by molar-refractivity contribution is 6.30. The topological polar surface area (TPSA) is 42.0 Å². The molecule has 0 radical (unpaired) electrons. The summed E-state index contributed by atoms with van der Waals surface area (Å²) in [5.74, 6) is 2.64. The molecule has 1 aliphatic rings. The lowest BCUT2D eigenvalue weighted by atomic mass is 10.2. The number of halogens is 1. The van der Waals surface area contributed by atoms with Crippen LogP contribution in [0.5, 0.6) is 0 Å². The van der Waals surface area contributed by atoms with E-state index in [0.717, 1.165) is 24.0 Å². The normalized spacial score (nSPS) is 16.7. The van der Waals surface area contributed by atoms with Crippen molar-refractivity contribution in [3.63, 3.8) is 0 Å². The molecule has 0 saturated heterocycles. The van der Waals surface area contributed by atoms with Crippen molar-refractivity contribution in [2.75, 3.05) is 45.3 Å². The first-order chi connectivity index (χ1) is 11.0. The van der Waals surface area contributed by atoms with Gasteiger partial charge in [0.1, 0.15) is 5.94 Å². The van der Waals surface area contributed by atoms with E-state index < -0.39 is 0 Å². The van der Waals surface area contributed by atoms with E-state index in [0.29, 0.717) is 29.2 Å². The zero-order chi connectivity index (χ0) is 17.0. The van der Waals surface area contributed by atoms with Crippen molar-refractivity contribution in [2.45, 2.75) is 20.1 Å². The number of anilines is 1. The van der Waals surface area contributed by atoms with Crippen molar-refractivity contribution >= 4 is 29.0 Å². The minimum absolute atomic E-state index is 0.347. The van der Waals surface area contributed by atoms with Gasteiger partial charge in [0.05, 0.1) is 22.7 Å². The molecule has 0 aromatic heterocycles. The average molecular weight is 339 g/mol. The maximum atomic E-state index is 11.4. The molecule has 0 bridgehead atoms. The van der Waals surface area contributed by atoms with Crippen LogP contribution in [-0.2, 0) is 14.3 Å². The summed E-state index contributed by atoms with van der Waals surface area (Å²) in [4.78, 5) is 15.6. The van der Waals surface area contributed by atoms with E-state index in [2.05, 4.69) is 9.80 Å². The van der Waals surface area contributed by atoms with Crippen LogP contribution in [0.15, 0.2) is 12.1 Å². The maximum absolute atomic E-state index is 11.4. The number of likely N-dealkylation sites (N-methyl/N-ethyl adjacent to an activating group) is 1. The van der Waals surface area contributed by atoms with Gasteiger partial charge in [-0.05, 0) is 40.1 Å². The Morgan fingerprint density at radius 2 is 2.04 bits per heavy atom. The summed E-state index contributed by atoms with van der Waals surface area (Å²) in [6, 6.07) is 3.47. The van der Waals surface area contributed by atoms with E-state index in [1.807, 2.05) is 40.0 Å². The van der Waals surface area contributed by atoms with Crippen LogP contribution in [-0.4, -0.2) is 57.5 Å². The van der Waals surface area contributed by atoms with Crippen LogP contribution >= 0.6 is 11.6 Å². The number of benzene rings is 1. The Bertz CT molecular complexity index is 699. The van der Waals surface area contributed by atoms with Crippen molar-refractivity contribution in [2.24, 2.45) is 0 Å². The molecule has 0 N–H and O–H groups in total. The molecule has 0 saturated carbocycles. The standard InChI is InChI=1S/C17H23ClN2O3/c1-5-22-16-15-12(11-21)9-13(18)10-14(15)20(8-7-19(3)4)17(16)23-6-2/h9-10,17H,5-8H2,1-4H3. The highest BCUT2D eigenvalue weighted by Gasteiger charge is 2.33. The minimum atomic E-state index is -0.347. The number of hydrogen-bond donors (Lipinski definition) is 0. The second-order valence-electron chi connectivity index (χ2n) is 5.55. The molecule has 1 aromatic carbocycles. The van der Waals surface area contributed by atoms with Crippen molar-refractivity contribution in [1.29, 1.82) is 0 Å². The second-order valence-corrected chi connectivity index (χ2v) is 5.99. The molecule has 0 aliphatic carbocycles. The highest BCUT2D eigenvalue weighted by atomic mass is 35.5. The molecule has 1 atom stereocenters. The van der Waals surface area contributed by atoms with Crippen molar-refractivity contribution in [3.8, 4) is 0 Å². The van der Waals surface area contributed by atoms with Crippen molar-refractivity contribution in [1.82, 2.24) is 4.90 Å². The lowest BCUT2D eigenvalue weighted by Gasteiger charge is -2.30. The van der Waals surface area contributed by atoms with Gasteiger partial charge < -0.3 is 19.3 Å². The highest BCUT2D eigenvalue weighted by Crippen LogP contribution is 2.27. The number of carbonyl (C=O) groups excluding carboxylic acids is 1. The van der Waals surface area contributed by atoms with Gasteiger partial charge in [-0.1, -0.05) is 11.6 Å². The Hall–Kier alpha value is -1.52. The zero-order valence-electron chi connectivity index (χ0n) is 14.1. The summed E-state index contributed by atoms with van der Waals surface area (Å²) >= 11 is 6.18. The number of hydrogen-bond acceptors (Lipinski definition) is 5. The molecule has 1 aromatic rings. The molecular weight excluding hydrogens is 316 g/mol. The Morgan fingerprint density at radius 1 is 1.30 bits per heavy atom. The summed E-state index contributed by atoms with van der Waals surface area (Å²) in [5.41, 5.74) is 0.861. The molecule has 6 heteroatoms. The third-order valence-electron chi connectivity index (χ3n) is 3.67. The van der Waals surface area contributed by atoms with Crippen LogP contribution < -0.4 is 15.3 Å². The van der Waals surface area contributed by atoms with Gasteiger partial charge in [-0.3, -0.25) is 0 Å². The predicted octanol–water partition coefficient (Wildman–Crippen LogP) is 0.732. The van der Waals surface area contributed by atoms with Gasteiger partial charge in [0, 0.05) is 24.7 Å². The summed E-state index contributed by atoms with van der Waals surface area (Å²) in [6.07, 6.45) is -0.347. The van der Waals surface area contributed by atoms with Gasteiger partial charge >= 0.3 is 0 Å². The smallest absolute Gasteiger partial charge is 0.189 e. The van der Waals surface area contributed by atoms with E-state index in [1.54, 1.807) is 6.07 Å². The van der Waals surface area contributed by atoms with E-state index >= 15 is 0 Å². The fourth-order valence-electron chi connectivity index (χ4n) is 2.72. The van der Waals surface area contributed by atoms with Crippen LogP contribution in [0.25, 0.3) is 5.76 Å². The molecule has 0 spiro atoms. The fourth-order valence-corrected chi connectivity index (χ4v) is 2.93. The Kier molecular flexibility index (Phi) is 6.08. The number of nitrogens with zero attached hydrogens (tertiary/aromatic N) is 2. The molecule has 0 amide bonds. The maximum Gasteiger partial charge on any atom is 0.189 e. The van der Waals surface area contributed by atoms with Crippen LogP contribution in [0.4, 0.5) is 5.69 Å². The first-order valence-electron chi connectivity index (χ1n) is 7.78. The summed E-state index contributed by atoms with van der Waals surface area (Å²) in [5, 5.41) is 1.65. The number of ether oxygens (including phenoxy) is 2. The van der Waals surface area contributed by atoms with Crippen molar-refractivity contribution < 1.29 is 14.3 Å². The SMILES string of the molecule is CCOC1=c2c(cc(Cl)cc2=C=O)N(CCN(C)C)C1OCC. The molecule has 5 nitrogen and oxygen atoms in total. The fraction of sp³-hybridized carbons (Fsp3) is 0.529. The largest absolute Gasteiger partial charge is 0.493 e. The van der Waals surface area contributed by atoms with Gasteiger partial charge in [0.15, 0.2) is 12.0 Å². The summed E-state index contributed by atoms with van der Waals surface area (Å²) < 4.78 is 11.7. The van der Waals surface area contributed by atoms with Crippen LogP contribution in [0.3, 0.4) is 0 Å². The van der Waals surface area contributed by atoms with E-state index in [-0.39, 0.29) is 6.23 Å². The van der Waals surface area contributed by atoms with E-state index in [1.165, 1.54) is 0 Å². The average Bonchev–Trinajstić information content (AvgIpc) is 2.78. The molecule has 23 heavy (non-hydrogen) atoms. The van der Waals surface area contributed by atoms with Gasteiger partial charge in [-0.15, -0.1) is 0 Å². The predicted molar refractivity (Wildman–Crippen MR) is 91.8 cm³/mol. The molecule has 0 fully saturated rings. The Balaban J connectivity index is 2.63. The quantitative estimate of drug-likeness (QED) is 0.733. The Morgan fingerprint density at radius 3 is 2.61 bits per heavy atom. The van der Waals surface area contributed by atoms with Gasteiger partial charge in [0.25, 0.3) is 0 Å². The summed E-state index contributed by atoms with van der Waals surface area (Å²) in [6.45, 7) is 6.48. The molecule has 1 aliphatic heterocycles. The molecule has 126 valence electrons. The van der Waals surface area contributed by atoms with E-state index in [9.17, 15) is 4.79 Å². The summed E-state index contributed by atoms with van der Waals surface area (Å²) in [7, 11) is 4.03. The molecular formula is C17H23ClN2O3. The molecule has 1 heterocycles. The lowest BCUT2D eigenvalue weighted by molar-refractivity contribution is 0.0724. The van der Waals surface area contributed by atoms with Crippen LogP contribution in [0.1, 0.15) is 13.8 Å².